The second-order valence-electron chi connectivity index (χ2n) is 18.5. The molecule has 0 bridgehead atoms. The van der Waals surface area contributed by atoms with Gasteiger partial charge in [-0.1, -0.05) is 5.06 Å². The number of aliphatic hydroxyl groups excluding tert-OH is 1. The summed E-state index contributed by atoms with van der Waals surface area (Å²) in [6.07, 6.45) is 9.57. The number of nitrogens with one attached hydrogen (secondary N) is 2. The minimum Gasteiger partial charge on any atom is -0.449 e. The number of imide groups is 1. The molecule has 1 aliphatic heterocycles. The molecule has 8 rings (SSSR count). The Bertz CT molecular complexity index is 2170. The molecule has 1 heterocycles. The number of nitro groups is 1. The van der Waals surface area contributed by atoms with Crippen molar-refractivity contribution < 1.29 is 76.8 Å². The Kier molecular flexibility index (Phi) is 22.7. The number of hydroxylamine groups is 2. The predicted molar refractivity (Wildman–Crippen MR) is 256 cm³/mol. The number of alkyl carbamates (subject to hydrolysis) is 2. The van der Waals surface area contributed by atoms with E-state index in [0.717, 1.165) is 77.0 Å². The van der Waals surface area contributed by atoms with Gasteiger partial charge in [0, 0.05) is 76.6 Å². The first kappa shape index (κ1) is 55.7. The van der Waals surface area contributed by atoms with Crippen molar-refractivity contribution in [2.75, 3.05) is 72.6 Å². The Hall–Kier alpha value is -6.60. The summed E-state index contributed by atoms with van der Waals surface area (Å²) in [5.41, 5.74) is -0.108. The third-order valence-corrected chi connectivity index (χ3v) is 13.9. The number of benzene rings is 1. The molecule has 1 aromatic rings. The third kappa shape index (κ3) is 19.1. The van der Waals surface area contributed by atoms with E-state index in [4.69, 9.17) is 38.3 Å². The number of carbonyl (C=O) groups is 6. The molecule has 0 spiro atoms. The molecule has 4 amide bonds. The highest BCUT2D eigenvalue weighted by molar-refractivity contribution is 6.01. The van der Waals surface area contributed by atoms with Gasteiger partial charge in [0.25, 0.3) is 17.5 Å². The Balaban J connectivity index is 0.000000186. The highest BCUT2D eigenvalue weighted by Crippen LogP contribution is 2.54. The van der Waals surface area contributed by atoms with Crippen LogP contribution in [0.4, 0.5) is 24.9 Å². The number of aliphatic hydroxyl groups is 1. The van der Waals surface area contributed by atoms with E-state index >= 15 is 0 Å². The lowest BCUT2D eigenvalue weighted by molar-refractivity contribution is -0.384. The van der Waals surface area contributed by atoms with Gasteiger partial charge in [0.15, 0.2) is 0 Å². The van der Waals surface area contributed by atoms with Crippen LogP contribution in [0.5, 0.6) is 5.75 Å². The van der Waals surface area contributed by atoms with Crippen LogP contribution in [0.1, 0.15) is 89.9 Å². The molecule has 4 fully saturated rings. The normalized spacial score (nSPS) is 25.5. The molecule has 73 heavy (non-hydrogen) atoms. The van der Waals surface area contributed by atoms with Crippen LogP contribution >= 0.6 is 0 Å². The minimum atomic E-state index is -0.978. The van der Waals surface area contributed by atoms with Gasteiger partial charge in [0.05, 0.1) is 57.8 Å². The molecule has 1 saturated heterocycles. The van der Waals surface area contributed by atoms with E-state index < -0.39 is 35.1 Å². The molecule has 0 aromatic heterocycles. The zero-order chi connectivity index (χ0) is 51.8. The van der Waals surface area contributed by atoms with Crippen LogP contribution in [0.25, 0.3) is 0 Å². The summed E-state index contributed by atoms with van der Waals surface area (Å²) in [5, 5.41) is 24.9. The van der Waals surface area contributed by atoms with Gasteiger partial charge in [-0.05, 0) is 104 Å². The van der Waals surface area contributed by atoms with E-state index in [0.29, 0.717) is 91.3 Å². The minimum absolute atomic E-state index is 0.00137. The maximum Gasteiger partial charge on any atom is 0.533 e. The lowest BCUT2D eigenvalue weighted by Gasteiger charge is -2.12. The molecular weight excluding hydrogens is 953 g/mol. The second-order valence-corrected chi connectivity index (χ2v) is 18.5. The van der Waals surface area contributed by atoms with E-state index in [1.807, 2.05) is 0 Å². The molecule has 0 radical (unpaired) electrons. The van der Waals surface area contributed by atoms with Crippen molar-refractivity contribution in [3.8, 4) is 41.3 Å². The lowest BCUT2D eigenvalue weighted by atomic mass is 10.1. The van der Waals surface area contributed by atoms with Crippen LogP contribution in [0, 0.1) is 98.9 Å². The van der Waals surface area contributed by atoms with Crippen molar-refractivity contribution in [3.05, 3.63) is 34.4 Å². The van der Waals surface area contributed by atoms with Gasteiger partial charge < -0.3 is 48.9 Å². The topological polar surface area (TPSA) is 267 Å². The van der Waals surface area contributed by atoms with Gasteiger partial charge in [-0.2, -0.15) is 0 Å². The van der Waals surface area contributed by atoms with Crippen molar-refractivity contribution in [2.45, 2.75) is 89.9 Å². The molecule has 3 unspecified atom stereocenters. The highest BCUT2D eigenvalue weighted by Gasteiger charge is 2.51. The molecule has 21 heteroatoms. The Morgan fingerprint density at radius 1 is 0.575 bits per heavy atom. The Morgan fingerprint density at radius 2 is 0.986 bits per heavy atom. The van der Waals surface area contributed by atoms with Gasteiger partial charge >= 0.3 is 24.5 Å². The van der Waals surface area contributed by atoms with Gasteiger partial charge in [0.1, 0.15) is 12.4 Å². The van der Waals surface area contributed by atoms with E-state index in [-0.39, 0.29) is 70.0 Å². The van der Waals surface area contributed by atoms with E-state index in [2.05, 4.69) is 51.0 Å². The third-order valence-electron chi connectivity index (χ3n) is 13.9. The summed E-state index contributed by atoms with van der Waals surface area (Å²) >= 11 is 0. The number of fused-ring (bicyclic) bond motifs is 3. The van der Waals surface area contributed by atoms with Crippen LogP contribution in [-0.4, -0.2) is 124 Å². The van der Waals surface area contributed by atoms with Gasteiger partial charge in [0.2, 0.25) is 0 Å². The average molecular weight is 1020 g/mol. The number of nitrogens with zero attached hydrogens (tertiary/aromatic N) is 2. The molecule has 6 aliphatic carbocycles. The fraction of sp³-hybridized carbons (Fsp3) is 0.654. The summed E-state index contributed by atoms with van der Waals surface area (Å²) < 4.78 is 35.7. The standard InChI is InChI=1S/C22H26N2O8.C15H17NO5.C15H23NO4/c25-21(31-15-20-18-5-3-1-2-4-6-19(18)20)23-11-12-29-13-14-30-22(26)32-17-9-7-16(8-10-17)24(27)28;17-13-7-8-14(18)16(13)21-15(19)20-9-12-10-5-3-1-2-4-6-11(10)12;17-8-10-19-9-7-16-15(18)20-11-14-12-5-3-1-2-4-6-13(12)14/h7-10,18-20H,3-6,11-15H2,(H,23,25);10-12H,3-9H2;12-14,17H,3-11H2,(H,16,18)/t18-,19+,20?;10-,11+,12?;12-,13+,14?. The Morgan fingerprint density at radius 3 is 1.40 bits per heavy atom. The summed E-state index contributed by atoms with van der Waals surface area (Å²) in [5.74, 6) is 23.2. The first-order valence-electron chi connectivity index (χ1n) is 25.3. The summed E-state index contributed by atoms with van der Waals surface area (Å²) in [7, 11) is 0. The largest absolute Gasteiger partial charge is 0.533 e. The average Bonchev–Trinajstić information content (AvgIpc) is 4.29. The van der Waals surface area contributed by atoms with Crippen molar-refractivity contribution in [3.63, 3.8) is 0 Å². The number of hydrogen-bond acceptors (Lipinski definition) is 17. The molecule has 3 N–H and O–H groups in total. The maximum atomic E-state index is 11.8. The molecular formula is C52H66N4O17. The zero-order valence-corrected chi connectivity index (χ0v) is 41.1. The smallest absolute Gasteiger partial charge is 0.449 e. The molecule has 1 aromatic carbocycles. The van der Waals surface area contributed by atoms with Crippen molar-refractivity contribution >= 4 is 42.0 Å². The quantitative estimate of drug-likeness (QED) is 0.0195. The van der Waals surface area contributed by atoms with Crippen LogP contribution in [-0.2, 0) is 42.8 Å². The summed E-state index contributed by atoms with van der Waals surface area (Å²) in [6.45, 7) is 2.92. The molecule has 396 valence electrons. The van der Waals surface area contributed by atoms with E-state index in [1.165, 1.54) is 24.3 Å². The number of amides is 4. The van der Waals surface area contributed by atoms with Crippen LogP contribution in [0.3, 0.4) is 0 Å². The number of rotatable bonds is 20. The fourth-order valence-corrected chi connectivity index (χ4v) is 9.88. The van der Waals surface area contributed by atoms with Crippen molar-refractivity contribution in [2.24, 2.45) is 53.3 Å². The first-order chi connectivity index (χ1) is 35.5. The molecule has 7 aliphatic rings. The Labute approximate surface area is 424 Å². The van der Waals surface area contributed by atoms with Gasteiger partial charge in [-0.15, -0.1) is 35.5 Å². The van der Waals surface area contributed by atoms with Gasteiger partial charge in [-0.3, -0.25) is 24.5 Å². The van der Waals surface area contributed by atoms with E-state index in [1.54, 1.807) is 0 Å². The van der Waals surface area contributed by atoms with Crippen LogP contribution in [0.15, 0.2) is 24.3 Å². The second kappa shape index (κ2) is 29.8. The first-order valence-corrected chi connectivity index (χ1v) is 25.3. The van der Waals surface area contributed by atoms with E-state index in [9.17, 15) is 38.9 Å². The number of carbonyl (C=O) groups excluding carboxylic acids is 6. The van der Waals surface area contributed by atoms with Crippen molar-refractivity contribution in [1.29, 1.82) is 0 Å². The number of hydrogen-bond donors (Lipinski definition) is 3. The SMILES string of the molecule is O=C(NCCOCCO)OCC1[C@H]2CCC#CCC[C@@H]12.O=C(NCCOCCOC(=O)Oc1ccc([N+](=O)[O-])cc1)OCC1[C@H]2CCC#CCC[C@@H]12.O=C(OCC1[C@H]2CCC#CCC[C@@H]12)ON1C(=O)CCC1=O. The van der Waals surface area contributed by atoms with Gasteiger partial charge in [-0.25, -0.2) is 19.2 Å². The lowest BCUT2D eigenvalue weighted by Crippen LogP contribution is -2.32. The fourth-order valence-electron chi connectivity index (χ4n) is 9.88. The highest BCUT2D eigenvalue weighted by atomic mass is 16.8. The zero-order valence-electron chi connectivity index (χ0n) is 41.1. The molecule has 3 saturated carbocycles. The number of non-ortho nitro benzene ring substituents is 1. The molecule has 21 nitrogen and oxygen atoms in total. The predicted octanol–water partition coefficient (Wildman–Crippen LogP) is 6.10. The van der Waals surface area contributed by atoms with Crippen LogP contribution < -0.4 is 15.4 Å². The monoisotopic (exact) mass is 1020 g/mol. The maximum absolute atomic E-state index is 11.8. The number of nitro benzene ring substituents is 1. The van der Waals surface area contributed by atoms with Crippen LogP contribution in [0.2, 0.25) is 0 Å². The van der Waals surface area contributed by atoms with Crippen molar-refractivity contribution in [1.82, 2.24) is 15.7 Å². The summed E-state index contributed by atoms with van der Waals surface area (Å²) in [4.78, 5) is 83.7. The molecule has 9 atom stereocenters. The summed E-state index contributed by atoms with van der Waals surface area (Å²) in [6, 6.07) is 5.04. The number of ether oxygens (including phenoxy) is 7.